The lowest BCUT2D eigenvalue weighted by Gasteiger charge is -2.38. The Bertz CT molecular complexity index is 416. The molecule has 3 rings (SSSR count). The first-order chi connectivity index (χ1) is 9.28. The number of rotatable bonds is 5. The predicted octanol–water partition coefficient (Wildman–Crippen LogP) is 2.43. The molecule has 2 heterocycles. The molecule has 1 aromatic heterocycles. The predicted molar refractivity (Wildman–Crippen MR) is 79.8 cm³/mol. The van der Waals surface area contributed by atoms with Gasteiger partial charge in [0.2, 0.25) is 0 Å². The van der Waals surface area contributed by atoms with Gasteiger partial charge in [0.15, 0.2) is 0 Å². The third-order valence-corrected chi connectivity index (χ3v) is 5.41. The summed E-state index contributed by atoms with van der Waals surface area (Å²) in [6.45, 7) is 5.10. The zero-order valence-electron chi connectivity index (χ0n) is 11.9. The van der Waals surface area contributed by atoms with Gasteiger partial charge < -0.3 is 10.1 Å². The lowest BCUT2D eigenvalue weighted by molar-refractivity contribution is -0.0603. The van der Waals surface area contributed by atoms with Crippen LogP contribution in [0, 0.1) is 0 Å². The summed E-state index contributed by atoms with van der Waals surface area (Å²) in [5, 5.41) is 3.62. The minimum Gasteiger partial charge on any atom is -0.374 e. The summed E-state index contributed by atoms with van der Waals surface area (Å²) in [7, 11) is 2.22. The van der Waals surface area contributed by atoms with Crippen molar-refractivity contribution < 1.29 is 4.74 Å². The van der Waals surface area contributed by atoms with Gasteiger partial charge >= 0.3 is 0 Å². The van der Waals surface area contributed by atoms with Gasteiger partial charge in [-0.3, -0.25) is 4.90 Å². The number of nitrogens with one attached hydrogen (secondary N) is 1. The van der Waals surface area contributed by atoms with Crippen LogP contribution in [0.4, 0.5) is 0 Å². The molecule has 2 aliphatic rings. The topological polar surface area (TPSA) is 24.5 Å². The standard InChI is InChI=1S/C15H24N2OS/c1-3-12-6-7-14(19-12)15-13(10-16-11-4-5-11)18-9-8-17(15)2/h6-7,11,13,15-16H,3-5,8-10H2,1-2H3. The van der Waals surface area contributed by atoms with E-state index in [1.165, 1.54) is 22.6 Å². The Morgan fingerprint density at radius 2 is 2.26 bits per heavy atom. The largest absolute Gasteiger partial charge is 0.374 e. The lowest BCUT2D eigenvalue weighted by Crippen LogP contribution is -2.47. The van der Waals surface area contributed by atoms with Crippen molar-refractivity contribution in [1.82, 2.24) is 10.2 Å². The fourth-order valence-corrected chi connectivity index (χ4v) is 3.92. The Labute approximate surface area is 119 Å². The average molecular weight is 280 g/mol. The van der Waals surface area contributed by atoms with E-state index in [0.717, 1.165) is 32.2 Å². The third kappa shape index (κ3) is 3.19. The van der Waals surface area contributed by atoms with Crippen molar-refractivity contribution >= 4 is 11.3 Å². The van der Waals surface area contributed by atoms with Crippen molar-refractivity contribution in [2.75, 3.05) is 26.7 Å². The van der Waals surface area contributed by atoms with E-state index in [1.54, 1.807) is 0 Å². The van der Waals surface area contributed by atoms with E-state index in [2.05, 4.69) is 36.3 Å². The monoisotopic (exact) mass is 280 g/mol. The van der Waals surface area contributed by atoms with Crippen molar-refractivity contribution in [2.45, 2.75) is 44.4 Å². The maximum Gasteiger partial charge on any atom is 0.0904 e. The van der Waals surface area contributed by atoms with Crippen molar-refractivity contribution in [3.05, 3.63) is 21.9 Å². The quantitative estimate of drug-likeness (QED) is 0.896. The number of hydrogen-bond donors (Lipinski definition) is 1. The van der Waals surface area contributed by atoms with Crippen LogP contribution in [0.1, 0.15) is 35.6 Å². The van der Waals surface area contributed by atoms with Gasteiger partial charge in [-0.05, 0) is 38.4 Å². The molecule has 0 spiro atoms. The summed E-state index contributed by atoms with van der Waals surface area (Å²) in [5.74, 6) is 0. The normalized spacial score (nSPS) is 28.7. The van der Waals surface area contributed by atoms with E-state index in [4.69, 9.17) is 4.74 Å². The van der Waals surface area contributed by atoms with E-state index in [-0.39, 0.29) is 0 Å². The highest BCUT2D eigenvalue weighted by Crippen LogP contribution is 2.33. The van der Waals surface area contributed by atoms with E-state index in [0.29, 0.717) is 12.1 Å². The SMILES string of the molecule is CCc1ccc(C2C(CNC3CC3)OCCN2C)s1. The van der Waals surface area contributed by atoms with Gasteiger partial charge in [-0.2, -0.15) is 0 Å². The molecule has 2 unspecified atom stereocenters. The molecule has 2 atom stereocenters. The molecular formula is C15H24N2OS. The Morgan fingerprint density at radius 3 is 2.95 bits per heavy atom. The molecule has 1 saturated heterocycles. The number of thiophene rings is 1. The maximum atomic E-state index is 6.04. The maximum absolute atomic E-state index is 6.04. The zero-order chi connectivity index (χ0) is 13.2. The molecule has 0 amide bonds. The Morgan fingerprint density at radius 1 is 1.42 bits per heavy atom. The number of ether oxygens (including phenoxy) is 1. The Balaban J connectivity index is 1.71. The molecule has 0 aromatic carbocycles. The van der Waals surface area contributed by atoms with Gasteiger partial charge in [-0.25, -0.2) is 0 Å². The number of aryl methyl sites for hydroxylation is 1. The fourth-order valence-electron chi connectivity index (χ4n) is 2.75. The summed E-state index contributed by atoms with van der Waals surface area (Å²) >= 11 is 1.95. The van der Waals surface area contributed by atoms with Crippen LogP contribution >= 0.6 is 11.3 Å². The molecule has 1 aliphatic carbocycles. The summed E-state index contributed by atoms with van der Waals surface area (Å²) in [6.07, 6.45) is 4.11. The number of likely N-dealkylation sites (N-methyl/N-ethyl adjacent to an activating group) is 1. The first kappa shape index (κ1) is 13.6. The smallest absolute Gasteiger partial charge is 0.0904 e. The number of morpholine rings is 1. The van der Waals surface area contributed by atoms with Gasteiger partial charge in [-0.15, -0.1) is 11.3 Å². The fraction of sp³-hybridized carbons (Fsp3) is 0.733. The minimum absolute atomic E-state index is 0.294. The second kappa shape index (κ2) is 5.92. The van der Waals surface area contributed by atoms with Crippen LogP contribution in [-0.4, -0.2) is 43.8 Å². The van der Waals surface area contributed by atoms with Crippen LogP contribution in [0.2, 0.25) is 0 Å². The van der Waals surface area contributed by atoms with E-state index in [1.807, 2.05) is 11.3 Å². The van der Waals surface area contributed by atoms with Crippen LogP contribution in [0.5, 0.6) is 0 Å². The first-order valence-corrected chi connectivity index (χ1v) is 8.23. The second-order valence-electron chi connectivity index (χ2n) is 5.67. The van der Waals surface area contributed by atoms with Crippen LogP contribution in [-0.2, 0) is 11.2 Å². The molecule has 0 radical (unpaired) electrons. The van der Waals surface area contributed by atoms with Crippen LogP contribution in [0.15, 0.2) is 12.1 Å². The van der Waals surface area contributed by atoms with Gasteiger partial charge in [0, 0.05) is 28.9 Å². The molecule has 1 N–H and O–H groups in total. The molecule has 1 saturated carbocycles. The van der Waals surface area contributed by atoms with Gasteiger partial charge in [-0.1, -0.05) is 6.92 Å². The van der Waals surface area contributed by atoms with E-state index < -0.39 is 0 Å². The summed E-state index contributed by atoms with van der Waals surface area (Å²) in [6, 6.07) is 5.74. The highest BCUT2D eigenvalue weighted by atomic mass is 32.1. The van der Waals surface area contributed by atoms with Crippen molar-refractivity contribution in [3.63, 3.8) is 0 Å². The molecular weight excluding hydrogens is 256 g/mol. The summed E-state index contributed by atoms with van der Waals surface area (Å²) < 4.78 is 6.04. The van der Waals surface area contributed by atoms with Gasteiger partial charge in [0.05, 0.1) is 18.8 Å². The third-order valence-electron chi connectivity index (χ3n) is 4.11. The molecule has 3 nitrogen and oxygen atoms in total. The Hall–Kier alpha value is -0.420. The molecule has 0 bridgehead atoms. The molecule has 106 valence electrons. The summed E-state index contributed by atoms with van der Waals surface area (Å²) in [4.78, 5) is 5.39. The zero-order valence-corrected chi connectivity index (χ0v) is 12.7. The molecule has 1 aliphatic heterocycles. The molecule has 19 heavy (non-hydrogen) atoms. The highest BCUT2D eigenvalue weighted by molar-refractivity contribution is 7.12. The number of nitrogens with zero attached hydrogens (tertiary/aromatic N) is 1. The van der Waals surface area contributed by atoms with E-state index >= 15 is 0 Å². The van der Waals surface area contributed by atoms with Crippen LogP contribution < -0.4 is 5.32 Å². The van der Waals surface area contributed by atoms with Gasteiger partial charge in [0.1, 0.15) is 0 Å². The lowest BCUT2D eigenvalue weighted by atomic mass is 10.1. The highest BCUT2D eigenvalue weighted by Gasteiger charge is 2.33. The minimum atomic E-state index is 0.294. The second-order valence-corrected chi connectivity index (χ2v) is 6.87. The van der Waals surface area contributed by atoms with Gasteiger partial charge in [0.25, 0.3) is 0 Å². The van der Waals surface area contributed by atoms with Crippen LogP contribution in [0.3, 0.4) is 0 Å². The average Bonchev–Trinajstić information content (AvgIpc) is 3.13. The molecule has 4 heteroatoms. The van der Waals surface area contributed by atoms with E-state index in [9.17, 15) is 0 Å². The van der Waals surface area contributed by atoms with Crippen molar-refractivity contribution in [2.24, 2.45) is 0 Å². The van der Waals surface area contributed by atoms with Crippen LogP contribution in [0.25, 0.3) is 0 Å². The summed E-state index contributed by atoms with van der Waals surface area (Å²) in [5.41, 5.74) is 0. The Kier molecular flexibility index (Phi) is 4.22. The first-order valence-electron chi connectivity index (χ1n) is 7.41. The van der Waals surface area contributed by atoms with Crippen molar-refractivity contribution in [3.8, 4) is 0 Å². The number of hydrogen-bond acceptors (Lipinski definition) is 4. The molecule has 1 aromatic rings. The molecule has 2 fully saturated rings. The van der Waals surface area contributed by atoms with Crippen molar-refractivity contribution in [1.29, 1.82) is 0 Å².